The Morgan fingerprint density at radius 1 is 0.667 bits per heavy atom. The lowest BCUT2D eigenvalue weighted by Crippen LogP contribution is -2.10. The Labute approximate surface area is 178 Å². The van der Waals surface area contributed by atoms with Crippen LogP contribution in [-0.4, -0.2) is 42.7 Å². The summed E-state index contributed by atoms with van der Waals surface area (Å²) < 4.78 is 34.3. The van der Waals surface area contributed by atoms with Gasteiger partial charge in [-0.3, -0.25) is 0 Å². The van der Waals surface area contributed by atoms with Gasteiger partial charge in [0.15, 0.2) is 23.0 Å². The van der Waals surface area contributed by atoms with Gasteiger partial charge in [0, 0.05) is 11.1 Å². The van der Waals surface area contributed by atoms with Crippen LogP contribution in [0.25, 0.3) is 17.2 Å². The molecule has 1 aliphatic rings. The highest BCUT2D eigenvalue weighted by atomic mass is 16.5. The van der Waals surface area contributed by atoms with Crippen LogP contribution < -0.4 is 28.4 Å². The molecule has 30 heavy (non-hydrogen) atoms. The van der Waals surface area contributed by atoms with Crippen LogP contribution in [0.4, 0.5) is 0 Å². The maximum absolute atomic E-state index is 5.87. The summed E-state index contributed by atoms with van der Waals surface area (Å²) in [6.45, 7) is 4.35. The van der Waals surface area contributed by atoms with Crippen molar-refractivity contribution in [2.45, 2.75) is 20.3 Å². The second-order valence-electron chi connectivity index (χ2n) is 7.28. The van der Waals surface area contributed by atoms with E-state index in [0.717, 1.165) is 28.7 Å². The average molecular weight is 414 g/mol. The fraction of sp³-hybridized carbons (Fsp3) is 0.417. The van der Waals surface area contributed by atoms with Gasteiger partial charge >= 0.3 is 0 Å². The summed E-state index contributed by atoms with van der Waals surface area (Å²) in [5, 5.41) is 0. The van der Waals surface area contributed by atoms with Gasteiger partial charge in [0.25, 0.3) is 0 Å². The van der Waals surface area contributed by atoms with Crippen molar-refractivity contribution < 1.29 is 28.4 Å². The van der Waals surface area contributed by atoms with E-state index in [9.17, 15) is 0 Å². The molecule has 0 amide bonds. The van der Waals surface area contributed by atoms with Crippen LogP contribution in [0, 0.1) is 5.92 Å². The van der Waals surface area contributed by atoms with Gasteiger partial charge in [-0.25, -0.2) is 0 Å². The molecule has 0 fully saturated rings. The summed E-state index contributed by atoms with van der Waals surface area (Å²) in [4.78, 5) is 0. The lowest BCUT2D eigenvalue weighted by molar-refractivity contribution is 0.321. The molecule has 0 saturated carbocycles. The van der Waals surface area contributed by atoms with E-state index in [1.165, 1.54) is 5.57 Å². The predicted octanol–water partition coefficient (Wildman–Crippen LogP) is 5.00. The van der Waals surface area contributed by atoms with Gasteiger partial charge in [0.2, 0.25) is 11.5 Å². The molecule has 0 radical (unpaired) electrons. The van der Waals surface area contributed by atoms with Gasteiger partial charge in [0.1, 0.15) is 0 Å². The number of hydrogen-bond donors (Lipinski definition) is 0. The first kappa shape index (κ1) is 21.7. The number of hydrogen-bond acceptors (Lipinski definition) is 6. The molecule has 0 spiro atoms. The Balaban J connectivity index is 2.56. The first-order valence-corrected chi connectivity index (χ1v) is 9.78. The van der Waals surface area contributed by atoms with E-state index in [1.54, 1.807) is 42.7 Å². The van der Waals surface area contributed by atoms with Crippen molar-refractivity contribution in [1.82, 2.24) is 0 Å². The molecule has 0 aromatic heterocycles. The van der Waals surface area contributed by atoms with Gasteiger partial charge in [-0.05, 0) is 42.5 Å². The summed E-state index contributed by atoms with van der Waals surface area (Å²) in [7, 11) is 9.72. The number of ether oxygens (including phenoxy) is 6. The van der Waals surface area contributed by atoms with Gasteiger partial charge in [-0.15, -0.1) is 0 Å². The molecule has 2 aromatic carbocycles. The number of fused-ring (bicyclic) bond motifs is 3. The van der Waals surface area contributed by atoms with Crippen molar-refractivity contribution in [2.24, 2.45) is 5.92 Å². The lowest BCUT2D eigenvalue weighted by atomic mass is 9.82. The number of rotatable bonds is 6. The zero-order valence-electron chi connectivity index (χ0n) is 19.0. The number of methoxy groups -OCH3 is 6. The first-order chi connectivity index (χ1) is 14.4. The third-order valence-corrected chi connectivity index (χ3v) is 5.71. The molecule has 3 rings (SSSR count). The van der Waals surface area contributed by atoms with Crippen molar-refractivity contribution >= 4 is 6.08 Å². The Morgan fingerprint density at radius 3 is 1.67 bits per heavy atom. The van der Waals surface area contributed by atoms with E-state index in [2.05, 4.69) is 19.9 Å². The van der Waals surface area contributed by atoms with Crippen molar-refractivity contribution in [3.05, 3.63) is 28.8 Å². The minimum atomic E-state index is 0.318. The van der Waals surface area contributed by atoms with E-state index in [1.807, 2.05) is 12.1 Å². The molecule has 0 aliphatic heterocycles. The Kier molecular flexibility index (Phi) is 6.34. The van der Waals surface area contributed by atoms with Crippen LogP contribution in [0.15, 0.2) is 17.7 Å². The lowest BCUT2D eigenvalue weighted by Gasteiger charge is -2.27. The maximum Gasteiger partial charge on any atom is 0.203 e. The summed E-state index contributed by atoms with van der Waals surface area (Å²) in [6, 6.07) is 3.99. The highest BCUT2D eigenvalue weighted by Gasteiger charge is 2.31. The molecular weight excluding hydrogens is 384 g/mol. The normalized spacial score (nSPS) is 15.1. The average Bonchev–Trinajstić information content (AvgIpc) is 2.76. The molecule has 2 aromatic rings. The van der Waals surface area contributed by atoms with Crippen LogP contribution in [0.1, 0.15) is 25.0 Å². The zero-order valence-corrected chi connectivity index (χ0v) is 19.0. The third-order valence-electron chi connectivity index (χ3n) is 5.71. The van der Waals surface area contributed by atoms with Gasteiger partial charge in [-0.1, -0.05) is 18.6 Å². The summed E-state index contributed by atoms with van der Waals surface area (Å²) >= 11 is 0. The predicted molar refractivity (Wildman–Crippen MR) is 118 cm³/mol. The summed E-state index contributed by atoms with van der Waals surface area (Å²) in [5.41, 5.74) is 5.06. The minimum absolute atomic E-state index is 0.318. The monoisotopic (exact) mass is 414 g/mol. The molecular formula is C24H30O6. The van der Waals surface area contributed by atoms with Crippen LogP contribution >= 0.6 is 0 Å². The molecule has 6 nitrogen and oxygen atoms in total. The van der Waals surface area contributed by atoms with Crippen molar-refractivity contribution in [1.29, 1.82) is 0 Å². The Bertz CT molecular complexity index is 977. The fourth-order valence-electron chi connectivity index (χ4n) is 4.07. The van der Waals surface area contributed by atoms with E-state index in [4.69, 9.17) is 28.4 Å². The van der Waals surface area contributed by atoms with Gasteiger partial charge in [-0.2, -0.15) is 0 Å². The molecule has 1 aliphatic carbocycles. The molecule has 1 unspecified atom stereocenters. The highest BCUT2D eigenvalue weighted by Crippen LogP contribution is 2.55. The second-order valence-corrected chi connectivity index (χ2v) is 7.28. The third kappa shape index (κ3) is 3.40. The first-order valence-electron chi connectivity index (χ1n) is 9.78. The van der Waals surface area contributed by atoms with Gasteiger partial charge in [0.05, 0.1) is 42.7 Å². The van der Waals surface area contributed by atoms with E-state index < -0.39 is 0 Å². The highest BCUT2D eigenvalue weighted by molar-refractivity contribution is 5.92. The molecule has 0 N–H and O–H groups in total. The van der Waals surface area contributed by atoms with Crippen molar-refractivity contribution in [3.63, 3.8) is 0 Å². The van der Waals surface area contributed by atoms with Crippen LogP contribution in [-0.2, 0) is 6.42 Å². The standard InChI is InChI=1S/C24H30O6/c1-13-9-15-11-17(25-3)21(27-5)23(29-7)19(15)20-16(10-14(13)2)12-18(26-4)22(28-6)24(20)30-8/h9,11-12,14H,10H2,1-8H3. The molecule has 6 heteroatoms. The van der Waals surface area contributed by atoms with Crippen molar-refractivity contribution in [2.75, 3.05) is 42.7 Å². The summed E-state index contributed by atoms with van der Waals surface area (Å²) in [5.74, 6) is 3.79. The molecule has 0 heterocycles. The number of benzene rings is 2. The Morgan fingerprint density at radius 2 is 1.17 bits per heavy atom. The summed E-state index contributed by atoms with van der Waals surface area (Å²) in [6.07, 6.45) is 2.98. The van der Waals surface area contributed by atoms with Crippen LogP contribution in [0.3, 0.4) is 0 Å². The van der Waals surface area contributed by atoms with E-state index in [-0.39, 0.29) is 0 Å². The zero-order chi connectivity index (χ0) is 22.0. The van der Waals surface area contributed by atoms with Crippen molar-refractivity contribution in [3.8, 4) is 45.6 Å². The van der Waals surface area contributed by atoms with Crippen LogP contribution in [0.5, 0.6) is 34.5 Å². The molecule has 1 atom stereocenters. The molecule has 0 bridgehead atoms. The van der Waals surface area contributed by atoms with E-state index >= 15 is 0 Å². The molecule has 0 saturated heterocycles. The van der Waals surface area contributed by atoms with E-state index in [0.29, 0.717) is 40.4 Å². The smallest absolute Gasteiger partial charge is 0.203 e. The quantitative estimate of drug-likeness (QED) is 0.663. The van der Waals surface area contributed by atoms with Gasteiger partial charge < -0.3 is 28.4 Å². The minimum Gasteiger partial charge on any atom is -0.493 e. The topological polar surface area (TPSA) is 55.4 Å². The Hall–Kier alpha value is -3.02. The van der Waals surface area contributed by atoms with Crippen LogP contribution in [0.2, 0.25) is 0 Å². The maximum atomic E-state index is 5.87. The fourth-order valence-corrected chi connectivity index (χ4v) is 4.07. The SMILES string of the molecule is COc1cc2c(c(OC)c1OC)-c1c(cc(OC)c(OC)c1OC)CC(C)C(C)=C2. The molecule has 162 valence electrons. The second kappa shape index (κ2) is 8.78. The largest absolute Gasteiger partial charge is 0.493 e. The number of allylic oxidation sites excluding steroid dienone is 1.